The van der Waals surface area contributed by atoms with E-state index in [0.29, 0.717) is 0 Å². The molecule has 1 aromatic heterocycles. The first-order valence-electron chi connectivity index (χ1n) is 5.93. The van der Waals surface area contributed by atoms with Crippen LogP contribution in [0.5, 0.6) is 0 Å². The maximum absolute atomic E-state index is 4.66. The van der Waals surface area contributed by atoms with Crippen molar-refractivity contribution in [3.05, 3.63) is 39.7 Å². The molecular formula is C14H18N2S. The van der Waals surface area contributed by atoms with Gasteiger partial charge < -0.3 is 5.32 Å². The molecule has 0 aliphatic carbocycles. The van der Waals surface area contributed by atoms with Gasteiger partial charge in [0.05, 0.1) is 5.69 Å². The molecule has 0 saturated carbocycles. The quantitative estimate of drug-likeness (QED) is 0.892. The summed E-state index contributed by atoms with van der Waals surface area (Å²) < 4.78 is 0. The van der Waals surface area contributed by atoms with Crippen molar-refractivity contribution in [3.8, 4) is 11.3 Å². The van der Waals surface area contributed by atoms with Crippen LogP contribution < -0.4 is 5.32 Å². The van der Waals surface area contributed by atoms with Crippen molar-refractivity contribution in [1.82, 2.24) is 10.3 Å². The van der Waals surface area contributed by atoms with E-state index in [9.17, 15) is 0 Å². The van der Waals surface area contributed by atoms with E-state index < -0.39 is 0 Å². The van der Waals surface area contributed by atoms with Crippen molar-refractivity contribution in [3.63, 3.8) is 0 Å². The molecular weight excluding hydrogens is 228 g/mol. The maximum Gasteiger partial charge on any atom is 0.107 e. The monoisotopic (exact) mass is 246 g/mol. The first kappa shape index (κ1) is 12.3. The fourth-order valence-electron chi connectivity index (χ4n) is 1.85. The third-order valence-corrected chi connectivity index (χ3v) is 3.58. The van der Waals surface area contributed by atoms with E-state index >= 15 is 0 Å². The van der Waals surface area contributed by atoms with Gasteiger partial charge in [-0.2, -0.15) is 0 Å². The van der Waals surface area contributed by atoms with Gasteiger partial charge in [-0.05, 0) is 26.0 Å². The lowest BCUT2D eigenvalue weighted by atomic mass is 10.0. The Labute approximate surface area is 107 Å². The molecule has 1 N–H and O–H groups in total. The molecule has 0 radical (unpaired) electrons. The van der Waals surface area contributed by atoms with E-state index in [2.05, 4.69) is 54.7 Å². The molecule has 0 atom stereocenters. The van der Waals surface area contributed by atoms with Crippen molar-refractivity contribution in [1.29, 1.82) is 0 Å². The van der Waals surface area contributed by atoms with E-state index in [-0.39, 0.29) is 0 Å². The third kappa shape index (κ3) is 2.93. The molecule has 0 saturated heterocycles. The van der Waals surface area contributed by atoms with Crippen molar-refractivity contribution in [2.45, 2.75) is 27.3 Å². The summed E-state index contributed by atoms with van der Waals surface area (Å²) in [7, 11) is 0. The van der Waals surface area contributed by atoms with Crippen LogP contribution in [-0.4, -0.2) is 11.5 Å². The Balaban J connectivity index is 2.24. The number of benzene rings is 1. The molecule has 0 unspecified atom stereocenters. The van der Waals surface area contributed by atoms with Crippen LogP contribution in [0.1, 0.15) is 23.1 Å². The van der Waals surface area contributed by atoms with Crippen LogP contribution >= 0.6 is 11.3 Å². The smallest absolute Gasteiger partial charge is 0.107 e. The highest BCUT2D eigenvalue weighted by molar-refractivity contribution is 7.09. The van der Waals surface area contributed by atoms with Crippen molar-refractivity contribution in [2.24, 2.45) is 0 Å². The van der Waals surface area contributed by atoms with Crippen LogP contribution in [0.15, 0.2) is 23.6 Å². The van der Waals surface area contributed by atoms with Gasteiger partial charge in [-0.3, -0.25) is 0 Å². The van der Waals surface area contributed by atoms with E-state index in [0.717, 1.165) is 23.8 Å². The zero-order valence-electron chi connectivity index (χ0n) is 10.6. The van der Waals surface area contributed by atoms with Crippen LogP contribution in [0.25, 0.3) is 11.3 Å². The number of nitrogens with one attached hydrogen (secondary N) is 1. The van der Waals surface area contributed by atoms with E-state index in [1.807, 2.05) is 0 Å². The lowest BCUT2D eigenvalue weighted by molar-refractivity contribution is 0.723. The van der Waals surface area contributed by atoms with Gasteiger partial charge in [0.1, 0.15) is 5.01 Å². The molecule has 1 aromatic carbocycles. The number of thiazole rings is 1. The molecule has 17 heavy (non-hydrogen) atoms. The molecule has 2 rings (SSSR count). The SMILES string of the molecule is CCNCc1nc(-c2ccc(C)cc2C)cs1. The first-order chi connectivity index (χ1) is 8.20. The predicted octanol–water partition coefficient (Wildman–Crippen LogP) is 3.54. The topological polar surface area (TPSA) is 24.9 Å². The highest BCUT2D eigenvalue weighted by Gasteiger charge is 2.06. The Kier molecular flexibility index (Phi) is 3.92. The summed E-state index contributed by atoms with van der Waals surface area (Å²) in [4.78, 5) is 4.66. The van der Waals surface area contributed by atoms with Crippen molar-refractivity contribution >= 4 is 11.3 Å². The third-order valence-electron chi connectivity index (χ3n) is 2.74. The normalized spacial score (nSPS) is 10.8. The Morgan fingerprint density at radius 1 is 1.29 bits per heavy atom. The van der Waals surface area contributed by atoms with Crippen LogP contribution in [0.4, 0.5) is 0 Å². The van der Waals surface area contributed by atoms with Gasteiger partial charge in [-0.25, -0.2) is 4.98 Å². The molecule has 0 spiro atoms. The van der Waals surface area contributed by atoms with Crippen LogP contribution in [0.2, 0.25) is 0 Å². The van der Waals surface area contributed by atoms with Crippen molar-refractivity contribution < 1.29 is 0 Å². The largest absolute Gasteiger partial charge is 0.311 e. The van der Waals surface area contributed by atoms with E-state index in [1.165, 1.54) is 16.7 Å². The highest BCUT2D eigenvalue weighted by atomic mass is 32.1. The summed E-state index contributed by atoms with van der Waals surface area (Å²) in [5, 5.41) is 6.60. The molecule has 1 heterocycles. The summed E-state index contributed by atoms with van der Waals surface area (Å²) in [6.45, 7) is 8.23. The number of aromatic nitrogens is 1. The predicted molar refractivity (Wildman–Crippen MR) is 74.4 cm³/mol. The van der Waals surface area contributed by atoms with Crippen LogP contribution in [-0.2, 0) is 6.54 Å². The van der Waals surface area contributed by atoms with Gasteiger partial charge in [-0.1, -0.05) is 30.7 Å². The minimum atomic E-state index is 0.867. The summed E-state index contributed by atoms with van der Waals surface area (Å²) in [6.07, 6.45) is 0. The second-order valence-electron chi connectivity index (χ2n) is 4.23. The molecule has 90 valence electrons. The van der Waals surface area contributed by atoms with Gasteiger partial charge in [0.15, 0.2) is 0 Å². The van der Waals surface area contributed by atoms with Crippen LogP contribution in [0, 0.1) is 13.8 Å². The number of hydrogen-bond donors (Lipinski definition) is 1. The molecule has 0 fully saturated rings. The zero-order chi connectivity index (χ0) is 12.3. The number of rotatable bonds is 4. The van der Waals surface area contributed by atoms with Crippen LogP contribution in [0.3, 0.4) is 0 Å². The van der Waals surface area contributed by atoms with Gasteiger partial charge in [0.2, 0.25) is 0 Å². The molecule has 0 bridgehead atoms. The lowest BCUT2D eigenvalue weighted by Crippen LogP contribution is -2.11. The second-order valence-corrected chi connectivity index (χ2v) is 5.17. The lowest BCUT2D eigenvalue weighted by Gasteiger charge is -2.03. The van der Waals surface area contributed by atoms with E-state index in [4.69, 9.17) is 0 Å². The molecule has 0 amide bonds. The maximum atomic E-state index is 4.66. The second kappa shape index (κ2) is 5.43. The van der Waals surface area contributed by atoms with Gasteiger partial charge in [-0.15, -0.1) is 11.3 Å². The Morgan fingerprint density at radius 3 is 2.82 bits per heavy atom. The van der Waals surface area contributed by atoms with E-state index in [1.54, 1.807) is 11.3 Å². The molecule has 3 heteroatoms. The Hall–Kier alpha value is -1.19. The number of aryl methyl sites for hydroxylation is 2. The summed E-state index contributed by atoms with van der Waals surface area (Å²) in [5.41, 5.74) is 4.94. The number of nitrogens with zero attached hydrogens (tertiary/aromatic N) is 1. The van der Waals surface area contributed by atoms with Gasteiger partial charge in [0.25, 0.3) is 0 Å². The first-order valence-corrected chi connectivity index (χ1v) is 6.81. The summed E-state index contributed by atoms with van der Waals surface area (Å²) >= 11 is 1.72. The van der Waals surface area contributed by atoms with Gasteiger partial charge >= 0.3 is 0 Å². The highest BCUT2D eigenvalue weighted by Crippen LogP contribution is 2.25. The zero-order valence-corrected chi connectivity index (χ0v) is 11.4. The fourth-order valence-corrected chi connectivity index (χ4v) is 2.61. The standard InChI is InChI=1S/C14H18N2S/c1-4-15-8-14-16-13(9-17-14)12-6-5-10(2)7-11(12)3/h5-7,9,15H,4,8H2,1-3H3. The van der Waals surface area contributed by atoms with Gasteiger partial charge in [0, 0.05) is 17.5 Å². The minimum absolute atomic E-state index is 0.867. The fraction of sp³-hybridized carbons (Fsp3) is 0.357. The summed E-state index contributed by atoms with van der Waals surface area (Å²) in [5.74, 6) is 0. The molecule has 2 nitrogen and oxygen atoms in total. The average Bonchev–Trinajstić information content (AvgIpc) is 2.75. The summed E-state index contributed by atoms with van der Waals surface area (Å²) in [6, 6.07) is 6.51. The van der Waals surface area contributed by atoms with Crippen molar-refractivity contribution in [2.75, 3.05) is 6.54 Å². The Morgan fingerprint density at radius 2 is 2.12 bits per heavy atom. The Bertz CT molecular complexity index is 503. The molecule has 0 aliphatic heterocycles. The molecule has 0 aliphatic rings. The average molecular weight is 246 g/mol. The minimum Gasteiger partial charge on any atom is -0.311 e. The number of hydrogen-bond acceptors (Lipinski definition) is 3. The molecule has 2 aromatic rings.